The highest BCUT2D eigenvalue weighted by Crippen LogP contribution is 2.18. The molecule has 0 saturated heterocycles. The van der Waals surface area contributed by atoms with Gasteiger partial charge in [0, 0.05) is 12.3 Å². The molecular weight excluding hydrogens is 230 g/mol. The van der Waals surface area contributed by atoms with E-state index in [1.165, 1.54) is 0 Å². The Bertz CT molecular complexity index is 471. The van der Waals surface area contributed by atoms with Gasteiger partial charge in [-0.25, -0.2) is 4.98 Å². The summed E-state index contributed by atoms with van der Waals surface area (Å²) >= 11 is 0. The van der Waals surface area contributed by atoms with Crippen LogP contribution in [0.5, 0.6) is 5.88 Å². The van der Waals surface area contributed by atoms with Gasteiger partial charge in [-0.3, -0.25) is 0 Å². The first-order valence-electron chi connectivity index (χ1n) is 6.05. The maximum Gasteiger partial charge on any atom is 0.226 e. The van der Waals surface area contributed by atoms with Crippen LogP contribution >= 0.6 is 0 Å². The van der Waals surface area contributed by atoms with E-state index in [9.17, 15) is 0 Å². The molecule has 0 bridgehead atoms. The third-order valence-electron chi connectivity index (χ3n) is 2.40. The molecule has 0 aliphatic carbocycles. The van der Waals surface area contributed by atoms with Crippen molar-refractivity contribution in [3.8, 4) is 5.88 Å². The summed E-state index contributed by atoms with van der Waals surface area (Å²) in [7, 11) is 0. The summed E-state index contributed by atoms with van der Waals surface area (Å²) in [5.41, 5.74) is 0. The Hall–Kier alpha value is -2.04. The summed E-state index contributed by atoms with van der Waals surface area (Å²) < 4.78 is 10.8. The largest absolute Gasteiger partial charge is 0.478 e. The van der Waals surface area contributed by atoms with Crippen LogP contribution in [-0.4, -0.2) is 16.6 Å². The average molecular weight is 247 g/mol. The van der Waals surface area contributed by atoms with Gasteiger partial charge < -0.3 is 14.5 Å². The Morgan fingerprint density at radius 1 is 1.44 bits per heavy atom. The minimum atomic E-state index is 0.0152. The molecule has 1 unspecified atom stereocenters. The molecule has 0 aliphatic rings. The van der Waals surface area contributed by atoms with Gasteiger partial charge in [0.2, 0.25) is 11.8 Å². The van der Waals surface area contributed by atoms with Crippen LogP contribution in [0.25, 0.3) is 0 Å². The Morgan fingerprint density at radius 2 is 2.33 bits per heavy atom. The third-order valence-corrected chi connectivity index (χ3v) is 2.40. The van der Waals surface area contributed by atoms with Gasteiger partial charge in [0.25, 0.3) is 0 Å². The standard InChI is InChI=1S/C13H17N3O2/c1-3-8-18-12-6-7-14-13(16-12)15-10(2)11-5-4-9-17-11/h4-7,9-10H,3,8H2,1-2H3,(H,14,15,16). The Labute approximate surface area is 106 Å². The van der Waals surface area contributed by atoms with Crippen LogP contribution in [0.2, 0.25) is 0 Å². The molecule has 0 saturated carbocycles. The summed E-state index contributed by atoms with van der Waals surface area (Å²) in [4.78, 5) is 8.43. The summed E-state index contributed by atoms with van der Waals surface area (Å²) in [5.74, 6) is 1.96. The quantitative estimate of drug-likeness (QED) is 0.850. The molecule has 0 fully saturated rings. The molecule has 0 aromatic carbocycles. The third kappa shape index (κ3) is 3.23. The van der Waals surface area contributed by atoms with Crippen molar-refractivity contribution < 1.29 is 9.15 Å². The Morgan fingerprint density at radius 3 is 3.06 bits per heavy atom. The van der Waals surface area contributed by atoms with Crippen molar-refractivity contribution in [2.45, 2.75) is 26.3 Å². The zero-order chi connectivity index (χ0) is 12.8. The minimum Gasteiger partial charge on any atom is -0.478 e. The molecule has 0 aliphatic heterocycles. The van der Waals surface area contributed by atoms with Crippen molar-refractivity contribution in [1.29, 1.82) is 0 Å². The van der Waals surface area contributed by atoms with E-state index < -0.39 is 0 Å². The maximum absolute atomic E-state index is 5.45. The van der Waals surface area contributed by atoms with Crippen molar-refractivity contribution >= 4 is 5.95 Å². The fraction of sp³-hybridized carbons (Fsp3) is 0.385. The van der Waals surface area contributed by atoms with Gasteiger partial charge >= 0.3 is 0 Å². The van der Waals surface area contributed by atoms with Crippen LogP contribution in [0.15, 0.2) is 35.1 Å². The predicted octanol–water partition coefficient (Wildman–Crippen LogP) is 3.03. The molecule has 2 aromatic heterocycles. The first-order valence-corrected chi connectivity index (χ1v) is 6.05. The molecule has 18 heavy (non-hydrogen) atoms. The molecule has 5 nitrogen and oxygen atoms in total. The predicted molar refractivity (Wildman–Crippen MR) is 68.6 cm³/mol. The van der Waals surface area contributed by atoms with Gasteiger partial charge in [-0.15, -0.1) is 0 Å². The lowest BCUT2D eigenvalue weighted by Crippen LogP contribution is -2.09. The van der Waals surface area contributed by atoms with Crippen LogP contribution in [0.3, 0.4) is 0 Å². The number of hydrogen-bond acceptors (Lipinski definition) is 5. The molecular formula is C13H17N3O2. The normalized spacial score (nSPS) is 12.1. The van der Waals surface area contributed by atoms with E-state index >= 15 is 0 Å². The number of ether oxygens (including phenoxy) is 1. The lowest BCUT2D eigenvalue weighted by Gasteiger charge is -2.11. The van der Waals surface area contributed by atoms with Crippen LogP contribution in [0.1, 0.15) is 32.1 Å². The summed E-state index contributed by atoms with van der Waals surface area (Å²) in [6, 6.07) is 5.53. The van der Waals surface area contributed by atoms with Gasteiger partial charge in [-0.05, 0) is 25.5 Å². The molecule has 1 atom stereocenters. The second-order valence-corrected chi connectivity index (χ2v) is 3.95. The van der Waals surface area contributed by atoms with Crippen LogP contribution in [-0.2, 0) is 0 Å². The maximum atomic E-state index is 5.45. The Kier molecular flexibility index (Phi) is 4.17. The van der Waals surface area contributed by atoms with Crippen molar-refractivity contribution in [2.24, 2.45) is 0 Å². The fourth-order valence-electron chi connectivity index (χ4n) is 1.50. The first-order chi connectivity index (χ1) is 8.79. The number of aromatic nitrogens is 2. The van der Waals surface area contributed by atoms with E-state index in [0.717, 1.165) is 12.2 Å². The van der Waals surface area contributed by atoms with E-state index in [4.69, 9.17) is 9.15 Å². The van der Waals surface area contributed by atoms with Gasteiger partial charge in [0.05, 0.1) is 18.9 Å². The van der Waals surface area contributed by atoms with E-state index in [1.54, 1.807) is 18.5 Å². The minimum absolute atomic E-state index is 0.0152. The summed E-state index contributed by atoms with van der Waals surface area (Å²) in [6.07, 6.45) is 4.28. The van der Waals surface area contributed by atoms with E-state index in [2.05, 4.69) is 22.2 Å². The highest BCUT2D eigenvalue weighted by Gasteiger charge is 2.09. The zero-order valence-electron chi connectivity index (χ0n) is 10.6. The van der Waals surface area contributed by atoms with E-state index in [1.807, 2.05) is 19.1 Å². The number of nitrogens with zero attached hydrogens (tertiary/aromatic N) is 2. The zero-order valence-corrected chi connectivity index (χ0v) is 10.6. The van der Waals surface area contributed by atoms with Crippen molar-refractivity contribution in [3.05, 3.63) is 36.4 Å². The molecule has 0 amide bonds. The molecule has 2 aromatic rings. The van der Waals surface area contributed by atoms with Gasteiger partial charge in [-0.1, -0.05) is 6.92 Å². The van der Waals surface area contributed by atoms with Crippen molar-refractivity contribution in [1.82, 2.24) is 9.97 Å². The average Bonchev–Trinajstić information content (AvgIpc) is 2.91. The van der Waals surface area contributed by atoms with Crippen molar-refractivity contribution in [3.63, 3.8) is 0 Å². The van der Waals surface area contributed by atoms with Gasteiger partial charge in [0.1, 0.15) is 5.76 Å². The van der Waals surface area contributed by atoms with Gasteiger partial charge in [-0.2, -0.15) is 4.98 Å². The molecule has 2 heterocycles. The molecule has 5 heteroatoms. The fourth-order valence-corrected chi connectivity index (χ4v) is 1.50. The van der Waals surface area contributed by atoms with Crippen LogP contribution in [0.4, 0.5) is 5.95 Å². The molecule has 96 valence electrons. The lowest BCUT2D eigenvalue weighted by molar-refractivity contribution is 0.305. The number of furan rings is 1. The van der Waals surface area contributed by atoms with E-state index in [0.29, 0.717) is 18.4 Å². The SMILES string of the molecule is CCCOc1ccnc(NC(C)c2ccco2)n1. The summed E-state index contributed by atoms with van der Waals surface area (Å²) in [5, 5.41) is 3.17. The molecule has 1 N–H and O–H groups in total. The smallest absolute Gasteiger partial charge is 0.226 e. The molecule has 0 spiro atoms. The number of nitrogens with one attached hydrogen (secondary N) is 1. The Balaban J connectivity index is 2.00. The monoisotopic (exact) mass is 247 g/mol. The first kappa shape index (κ1) is 12.4. The molecule has 2 rings (SSSR count). The topological polar surface area (TPSA) is 60.2 Å². The highest BCUT2D eigenvalue weighted by molar-refractivity contribution is 5.30. The van der Waals surface area contributed by atoms with Crippen molar-refractivity contribution in [2.75, 3.05) is 11.9 Å². The lowest BCUT2D eigenvalue weighted by atomic mass is 10.2. The molecule has 0 radical (unpaired) electrons. The second kappa shape index (κ2) is 6.05. The number of anilines is 1. The number of rotatable bonds is 6. The number of hydrogen-bond donors (Lipinski definition) is 1. The van der Waals surface area contributed by atoms with Crippen LogP contribution < -0.4 is 10.1 Å². The summed E-state index contributed by atoms with van der Waals surface area (Å²) in [6.45, 7) is 4.70. The van der Waals surface area contributed by atoms with Gasteiger partial charge in [0.15, 0.2) is 0 Å². The van der Waals surface area contributed by atoms with Crippen LogP contribution in [0, 0.1) is 0 Å². The highest BCUT2D eigenvalue weighted by atomic mass is 16.5. The second-order valence-electron chi connectivity index (χ2n) is 3.95. The van der Waals surface area contributed by atoms with E-state index in [-0.39, 0.29) is 6.04 Å².